The molecule has 6 nitrogen and oxygen atoms in total. The Labute approximate surface area is 154 Å². The minimum atomic E-state index is -0.283. The Hall–Kier alpha value is -2.89. The molecule has 0 fully saturated rings. The van der Waals surface area contributed by atoms with Gasteiger partial charge in [-0.15, -0.1) is 0 Å². The highest BCUT2D eigenvalue weighted by Crippen LogP contribution is 2.17. The molecule has 0 unspecified atom stereocenters. The van der Waals surface area contributed by atoms with Gasteiger partial charge in [-0.1, -0.05) is 31.5 Å². The van der Waals surface area contributed by atoms with Gasteiger partial charge in [0.1, 0.15) is 5.75 Å². The van der Waals surface area contributed by atoms with Crippen LogP contribution < -0.4 is 10.1 Å². The van der Waals surface area contributed by atoms with Crippen LogP contribution in [0.5, 0.6) is 5.75 Å². The number of nitrogens with one attached hydrogen (secondary N) is 1. The molecule has 0 atom stereocenters. The Morgan fingerprint density at radius 3 is 2.65 bits per heavy atom. The number of carbonyl (C=O) groups excluding carboxylic acids is 2. The Morgan fingerprint density at radius 1 is 1.19 bits per heavy atom. The molecule has 0 radical (unpaired) electrons. The van der Waals surface area contributed by atoms with Gasteiger partial charge in [-0.05, 0) is 18.6 Å². The van der Waals surface area contributed by atoms with Gasteiger partial charge in [0.2, 0.25) is 0 Å². The fourth-order valence-electron chi connectivity index (χ4n) is 2.52. The topological polar surface area (TPSA) is 71.5 Å². The summed E-state index contributed by atoms with van der Waals surface area (Å²) in [5, 5.41) is 2.84. The highest BCUT2D eigenvalue weighted by Gasteiger charge is 2.15. The standard InChI is InChI=1S/C20H25N3O3/c1-4-5-10-23(2)20(25)17-11-16(12-21-13-17)19(24)22-14-15-8-6-7-9-18(15)26-3/h6-9,11-13H,4-5,10,14H2,1-3H3,(H,22,24). The first kappa shape index (κ1) is 19.4. The van der Waals surface area contributed by atoms with Gasteiger partial charge in [-0.3, -0.25) is 14.6 Å². The van der Waals surface area contributed by atoms with E-state index in [-0.39, 0.29) is 11.8 Å². The monoisotopic (exact) mass is 355 g/mol. The Morgan fingerprint density at radius 2 is 1.92 bits per heavy atom. The van der Waals surface area contributed by atoms with Crippen molar-refractivity contribution in [2.45, 2.75) is 26.3 Å². The number of unbranched alkanes of at least 4 members (excludes halogenated alkanes) is 1. The molecule has 6 heteroatoms. The first-order valence-electron chi connectivity index (χ1n) is 8.67. The summed E-state index contributed by atoms with van der Waals surface area (Å²) in [5.74, 6) is 0.298. The van der Waals surface area contributed by atoms with E-state index in [0.29, 0.717) is 30.0 Å². The van der Waals surface area contributed by atoms with Gasteiger partial charge >= 0.3 is 0 Å². The zero-order valence-corrected chi connectivity index (χ0v) is 15.5. The van der Waals surface area contributed by atoms with Gasteiger partial charge in [-0.25, -0.2) is 0 Å². The number of nitrogens with zero attached hydrogens (tertiary/aromatic N) is 2. The second kappa shape index (κ2) is 9.56. The number of hydrogen-bond acceptors (Lipinski definition) is 4. The summed E-state index contributed by atoms with van der Waals surface area (Å²) in [6.45, 7) is 3.09. The molecule has 2 rings (SSSR count). The van der Waals surface area contributed by atoms with E-state index in [4.69, 9.17) is 4.74 Å². The summed E-state index contributed by atoms with van der Waals surface area (Å²) in [4.78, 5) is 30.5. The van der Waals surface area contributed by atoms with Gasteiger partial charge in [0.05, 0.1) is 18.2 Å². The third kappa shape index (κ3) is 5.05. The zero-order chi connectivity index (χ0) is 18.9. The van der Waals surface area contributed by atoms with Crippen molar-refractivity contribution in [3.05, 3.63) is 59.4 Å². The number of methoxy groups -OCH3 is 1. The van der Waals surface area contributed by atoms with E-state index in [2.05, 4.69) is 17.2 Å². The van der Waals surface area contributed by atoms with Gasteiger partial charge in [-0.2, -0.15) is 0 Å². The Kier molecular flexibility index (Phi) is 7.14. The number of hydrogen-bond donors (Lipinski definition) is 1. The van der Waals surface area contributed by atoms with E-state index >= 15 is 0 Å². The molecule has 1 aromatic heterocycles. The lowest BCUT2D eigenvalue weighted by Crippen LogP contribution is -2.28. The molecule has 0 spiro atoms. The molecule has 1 heterocycles. The van der Waals surface area contributed by atoms with Crippen molar-refractivity contribution in [1.82, 2.24) is 15.2 Å². The van der Waals surface area contributed by atoms with E-state index in [9.17, 15) is 9.59 Å². The van der Waals surface area contributed by atoms with Crippen molar-refractivity contribution in [1.29, 1.82) is 0 Å². The number of pyridine rings is 1. The summed E-state index contributed by atoms with van der Waals surface area (Å²) in [7, 11) is 3.35. The number of benzene rings is 1. The number of carbonyl (C=O) groups is 2. The Balaban J connectivity index is 2.04. The molecule has 1 aromatic carbocycles. The van der Waals surface area contributed by atoms with E-state index in [1.54, 1.807) is 25.1 Å². The minimum Gasteiger partial charge on any atom is -0.496 e. The molecule has 0 aliphatic carbocycles. The highest BCUT2D eigenvalue weighted by atomic mass is 16.5. The molecule has 0 aliphatic rings. The smallest absolute Gasteiger partial charge is 0.255 e. The van der Waals surface area contributed by atoms with Crippen LogP contribution in [0.3, 0.4) is 0 Å². The average Bonchev–Trinajstić information content (AvgIpc) is 2.69. The van der Waals surface area contributed by atoms with Crippen LogP contribution in [0.4, 0.5) is 0 Å². The zero-order valence-electron chi connectivity index (χ0n) is 15.5. The van der Waals surface area contributed by atoms with Crippen molar-refractivity contribution < 1.29 is 14.3 Å². The first-order chi connectivity index (χ1) is 12.6. The van der Waals surface area contributed by atoms with Crippen LogP contribution in [0.25, 0.3) is 0 Å². The van der Waals surface area contributed by atoms with Crippen molar-refractivity contribution in [2.75, 3.05) is 20.7 Å². The first-order valence-corrected chi connectivity index (χ1v) is 8.67. The lowest BCUT2D eigenvalue weighted by molar-refractivity contribution is 0.0793. The fourth-order valence-corrected chi connectivity index (χ4v) is 2.52. The van der Waals surface area contributed by atoms with E-state index in [1.807, 2.05) is 24.3 Å². The van der Waals surface area contributed by atoms with Gasteiger partial charge < -0.3 is 15.0 Å². The summed E-state index contributed by atoms with van der Waals surface area (Å²) in [6.07, 6.45) is 4.90. The van der Waals surface area contributed by atoms with Crippen LogP contribution >= 0.6 is 0 Å². The number of amides is 2. The molecule has 26 heavy (non-hydrogen) atoms. The lowest BCUT2D eigenvalue weighted by Gasteiger charge is -2.16. The number of aromatic nitrogens is 1. The minimum absolute atomic E-state index is 0.134. The van der Waals surface area contributed by atoms with Crippen molar-refractivity contribution in [3.8, 4) is 5.75 Å². The highest BCUT2D eigenvalue weighted by molar-refractivity contribution is 5.99. The molecule has 2 amide bonds. The summed E-state index contributed by atoms with van der Waals surface area (Å²) in [6, 6.07) is 9.07. The van der Waals surface area contributed by atoms with Crippen molar-refractivity contribution in [2.24, 2.45) is 0 Å². The summed E-state index contributed by atoms with van der Waals surface area (Å²) < 4.78 is 5.28. The fraction of sp³-hybridized carbons (Fsp3) is 0.350. The van der Waals surface area contributed by atoms with Crippen LogP contribution in [-0.2, 0) is 6.54 Å². The quantitative estimate of drug-likeness (QED) is 0.790. The molecule has 138 valence electrons. The van der Waals surface area contributed by atoms with Crippen molar-refractivity contribution in [3.63, 3.8) is 0 Å². The van der Waals surface area contributed by atoms with Crippen LogP contribution in [0, 0.1) is 0 Å². The van der Waals surface area contributed by atoms with Gasteiger partial charge in [0.15, 0.2) is 0 Å². The summed E-state index contributed by atoms with van der Waals surface area (Å²) in [5.41, 5.74) is 1.64. The van der Waals surface area contributed by atoms with Crippen LogP contribution in [-0.4, -0.2) is 42.4 Å². The Bertz CT molecular complexity index is 761. The molecule has 0 bridgehead atoms. The molecule has 0 aliphatic heterocycles. The molecule has 1 N–H and O–H groups in total. The largest absolute Gasteiger partial charge is 0.496 e. The van der Waals surface area contributed by atoms with E-state index in [1.165, 1.54) is 12.4 Å². The number of ether oxygens (including phenoxy) is 1. The molecule has 2 aromatic rings. The van der Waals surface area contributed by atoms with Crippen LogP contribution in [0.15, 0.2) is 42.7 Å². The second-order valence-corrected chi connectivity index (χ2v) is 6.04. The maximum Gasteiger partial charge on any atom is 0.255 e. The maximum atomic E-state index is 12.4. The van der Waals surface area contributed by atoms with Crippen LogP contribution in [0.1, 0.15) is 46.0 Å². The second-order valence-electron chi connectivity index (χ2n) is 6.04. The normalized spacial score (nSPS) is 10.3. The molecule has 0 saturated heterocycles. The molecular formula is C20H25N3O3. The average molecular weight is 355 g/mol. The van der Waals surface area contributed by atoms with Crippen molar-refractivity contribution >= 4 is 11.8 Å². The molecule has 0 saturated carbocycles. The maximum absolute atomic E-state index is 12.4. The lowest BCUT2D eigenvalue weighted by atomic mass is 10.1. The van der Waals surface area contributed by atoms with Gasteiger partial charge in [0, 0.05) is 38.1 Å². The molecular weight excluding hydrogens is 330 g/mol. The number of rotatable bonds is 8. The van der Waals surface area contributed by atoms with E-state index in [0.717, 1.165) is 18.4 Å². The SMILES string of the molecule is CCCCN(C)C(=O)c1cncc(C(=O)NCc2ccccc2OC)c1. The summed E-state index contributed by atoms with van der Waals surface area (Å²) >= 11 is 0. The third-order valence-electron chi connectivity index (χ3n) is 4.07. The predicted molar refractivity (Wildman–Crippen MR) is 100 cm³/mol. The number of para-hydroxylation sites is 1. The van der Waals surface area contributed by atoms with Gasteiger partial charge in [0.25, 0.3) is 11.8 Å². The van der Waals surface area contributed by atoms with Crippen LogP contribution in [0.2, 0.25) is 0 Å². The predicted octanol–water partition coefficient (Wildman–Crippen LogP) is 2.89. The third-order valence-corrected chi connectivity index (χ3v) is 4.07. The van der Waals surface area contributed by atoms with E-state index < -0.39 is 0 Å².